The van der Waals surface area contributed by atoms with Crippen LogP contribution in [0.2, 0.25) is 0 Å². The Hall–Kier alpha value is -2.49. The Kier molecular flexibility index (Phi) is 3.19. The van der Waals surface area contributed by atoms with Crippen molar-refractivity contribution in [2.45, 2.75) is 6.42 Å². The quantitative estimate of drug-likeness (QED) is 0.505. The molecule has 0 radical (unpaired) electrons. The summed E-state index contributed by atoms with van der Waals surface area (Å²) in [5.41, 5.74) is 0.912. The second-order valence-corrected chi connectivity index (χ2v) is 3.88. The van der Waals surface area contributed by atoms with Crippen molar-refractivity contribution < 1.29 is 14.7 Å². The van der Waals surface area contributed by atoms with Crippen molar-refractivity contribution in [1.82, 2.24) is 4.98 Å². The van der Waals surface area contributed by atoms with Gasteiger partial charge in [0.25, 0.3) is 0 Å². The van der Waals surface area contributed by atoms with Gasteiger partial charge in [-0.3, -0.25) is 9.78 Å². The van der Waals surface area contributed by atoms with E-state index in [-0.39, 0.29) is 6.42 Å². The van der Waals surface area contributed by atoms with Crippen LogP contribution in [0.4, 0.5) is 0 Å². The number of carbonyl (C=O) groups is 2. The molecular weight excluding hydrogens is 230 g/mol. The van der Waals surface area contributed by atoms with E-state index in [1.165, 1.54) is 0 Å². The first-order valence-electron chi connectivity index (χ1n) is 5.38. The molecule has 0 aliphatic carbocycles. The van der Waals surface area contributed by atoms with Crippen LogP contribution in [-0.4, -0.2) is 21.8 Å². The van der Waals surface area contributed by atoms with Gasteiger partial charge in [0.05, 0.1) is 17.5 Å². The van der Waals surface area contributed by atoms with E-state index in [0.29, 0.717) is 5.69 Å². The number of carboxylic acid groups (broad SMARTS) is 1. The monoisotopic (exact) mass is 241 g/mol. The fourth-order valence-electron chi connectivity index (χ4n) is 1.60. The maximum absolute atomic E-state index is 11.6. The summed E-state index contributed by atoms with van der Waals surface area (Å²) >= 11 is 0. The number of Topliss-reactive ketones (excluding diaryl/α,β-unsaturated/α-hetero) is 1. The number of para-hydroxylation sites is 1. The first kappa shape index (κ1) is 12.0. The lowest BCUT2D eigenvalue weighted by atomic mass is 10.1. The molecule has 18 heavy (non-hydrogen) atoms. The third kappa shape index (κ3) is 2.43. The van der Waals surface area contributed by atoms with Crippen LogP contribution in [0.15, 0.2) is 48.6 Å². The van der Waals surface area contributed by atoms with Gasteiger partial charge in [0.1, 0.15) is 0 Å². The summed E-state index contributed by atoms with van der Waals surface area (Å²) in [7, 11) is 0. The zero-order chi connectivity index (χ0) is 13.1. The molecule has 1 aromatic carbocycles. The molecule has 4 nitrogen and oxygen atoms in total. The van der Waals surface area contributed by atoms with Crippen molar-refractivity contribution in [3.63, 3.8) is 0 Å². The molecule has 0 fully saturated rings. The number of fused-ring (bicyclic) bond motifs is 1. The van der Waals surface area contributed by atoms with Crippen LogP contribution < -0.4 is 0 Å². The second-order valence-electron chi connectivity index (χ2n) is 3.88. The van der Waals surface area contributed by atoms with Crippen LogP contribution in [0.1, 0.15) is 5.69 Å². The van der Waals surface area contributed by atoms with Crippen molar-refractivity contribution in [3.8, 4) is 0 Å². The fraction of sp³-hybridized carbons (Fsp3) is 0.0714. The highest BCUT2D eigenvalue weighted by molar-refractivity contribution is 6.16. The van der Waals surface area contributed by atoms with Crippen LogP contribution in [0.5, 0.6) is 0 Å². The lowest BCUT2D eigenvalue weighted by Gasteiger charge is -2.02. The van der Waals surface area contributed by atoms with E-state index in [9.17, 15) is 9.59 Å². The summed E-state index contributed by atoms with van der Waals surface area (Å²) < 4.78 is 0. The van der Waals surface area contributed by atoms with Gasteiger partial charge in [-0.15, -0.1) is 0 Å². The van der Waals surface area contributed by atoms with Crippen LogP contribution in [-0.2, 0) is 16.0 Å². The number of aromatic nitrogens is 1. The summed E-state index contributed by atoms with van der Waals surface area (Å²) in [6.07, 6.45) is -0.0457. The van der Waals surface area contributed by atoms with Gasteiger partial charge in [-0.1, -0.05) is 30.8 Å². The predicted octanol–water partition coefficient (Wildman–Crippen LogP) is 1.99. The molecule has 2 aromatic rings. The zero-order valence-electron chi connectivity index (χ0n) is 9.59. The molecule has 1 heterocycles. The van der Waals surface area contributed by atoms with E-state index < -0.39 is 17.3 Å². The SMILES string of the molecule is C=C(C(=O)O)C(=O)Cc1ccc2ccccc2n1. The minimum absolute atomic E-state index is 0.0457. The molecule has 0 saturated heterocycles. The molecule has 4 heteroatoms. The molecule has 0 bridgehead atoms. The second kappa shape index (κ2) is 4.79. The van der Waals surface area contributed by atoms with E-state index in [1.54, 1.807) is 6.07 Å². The van der Waals surface area contributed by atoms with Crippen LogP contribution in [0.3, 0.4) is 0 Å². The number of nitrogens with zero attached hydrogens (tertiary/aromatic N) is 1. The highest BCUT2D eigenvalue weighted by Crippen LogP contribution is 2.12. The largest absolute Gasteiger partial charge is 0.478 e. The number of benzene rings is 1. The maximum atomic E-state index is 11.6. The standard InChI is InChI=1S/C14H11NO3/c1-9(14(17)18)13(16)8-11-7-6-10-4-2-3-5-12(10)15-11/h2-7H,1,8H2,(H,17,18). The summed E-state index contributed by atoms with van der Waals surface area (Å²) in [6.45, 7) is 3.24. The van der Waals surface area contributed by atoms with Gasteiger partial charge in [-0.05, 0) is 12.1 Å². The highest BCUT2D eigenvalue weighted by Gasteiger charge is 2.15. The summed E-state index contributed by atoms with van der Waals surface area (Å²) in [4.78, 5) is 26.5. The van der Waals surface area contributed by atoms with E-state index in [4.69, 9.17) is 5.11 Å². The number of pyridine rings is 1. The minimum Gasteiger partial charge on any atom is -0.478 e. The molecule has 0 amide bonds. The van der Waals surface area contributed by atoms with E-state index in [1.807, 2.05) is 30.3 Å². The van der Waals surface area contributed by atoms with E-state index >= 15 is 0 Å². The maximum Gasteiger partial charge on any atom is 0.338 e. The summed E-state index contributed by atoms with van der Waals surface area (Å²) in [5, 5.41) is 9.64. The smallest absolute Gasteiger partial charge is 0.338 e. The van der Waals surface area contributed by atoms with Gasteiger partial charge in [0.2, 0.25) is 0 Å². The molecule has 1 aromatic heterocycles. The number of carboxylic acids is 1. The van der Waals surface area contributed by atoms with Crippen LogP contribution >= 0.6 is 0 Å². The molecule has 0 spiro atoms. The zero-order valence-corrected chi connectivity index (χ0v) is 9.59. The molecule has 2 rings (SSSR count). The van der Waals surface area contributed by atoms with Crippen molar-refractivity contribution >= 4 is 22.7 Å². The Labute approximate surface area is 104 Å². The predicted molar refractivity (Wildman–Crippen MR) is 67.2 cm³/mol. The Morgan fingerprint density at radius 1 is 1.17 bits per heavy atom. The van der Waals surface area contributed by atoms with Crippen molar-refractivity contribution in [3.05, 3.63) is 54.2 Å². The highest BCUT2D eigenvalue weighted by atomic mass is 16.4. The molecule has 0 aliphatic rings. The molecule has 0 unspecified atom stereocenters. The first-order chi connectivity index (χ1) is 8.58. The third-order valence-electron chi connectivity index (χ3n) is 2.59. The van der Waals surface area contributed by atoms with Crippen molar-refractivity contribution in [1.29, 1.82) is 0 Å². The average Bonchev–Trinajstić information content (AvgIpc) is 2.37. The van der Waals surface area contributed by atoms with Crippen LogP contribution in [0.25, 0.3) is 10.9 Å². The van der Waals surface area contributed by atoms with Gasteiger partial charge >= 0.3 is 5.97 Å². The molecule has 0 saturated carbocycles. The summed E-state index contributed by atoms with van der Waals surface area (Å²) in [6, 6.07) is 11.1. The van der Waals surface area contributed by atoms with Gasteiger partial charge in [0, 0.05) is 11.1 Å². The average molecular weight is 241 g/mol. The molecule has 0 aliphatic heterocycles. The Morgan fingerprint density at radius 2 is 1.89 bits per heavy atom. The van der Waals surface area contributed by atoms with Gasteiger partial charge in [-0.25, -0.2) is 4.79 Å². The normalized spacial score (nSPS) is 10.2. The Morgan fingerprint density at radius 3 is 2.61 bits per heavy atom. The van der Waals surface area contributed by atoms with E-state index in [0.717, 1.165) is 10.9 Å². The topological polar surface area (TPSA) is 67.3 Å². The molecule has 90 valence electrons. The number of hydrogen-bond acceptors (Lipinski definition) is 3. The molecular formula is C14H11NO3. The number of aliphatic carboxylic acids is 1. The van der Waals surface area contributed by atoms with Gasteiger partial charge < -0.3 is 5.11 Å². The van der Waals surface area contributed by atoms with Crippen molar-refractivity contribution in [2.24, 2.45) is 0 Å². The number of ketones is 1. The Bertz CT molecular complexity index is 646. The number of carbonyl (C=O) groups excluding carboxylic acids is 1. The van der Waals surface area contributed by atoms with Crippen LogP contribution in [0, 0.1) is 0 Å². The minimum atomic E-state index is -1.29. The first-order valence-corrected chi connectivity index (χ1v) is 5.38. The number of rotatable bonds is 4. The summed E-state index contributed by atoms with van der Waals surface area (Å²) in [5.74, 6) is -1.81. The van der Waals surface area contributed by atoms with Gasteiger partial charge in [0.15, 0.2) is 5.78 Å². The van der Waals surface area contributed by atoms with Gasteiger partial charge in [-0.2, -0.15) is 0 Å². The lowest BCUT2D eigenvalue weighted by molar-refractivity contribution is -0.134. The van der Waals surface area contributed by atoms with E-state index in [2.05, 4.69) is 11.6 Å². The lowest BCUT2D eigenvalue weighted by Crippen LogP contribution is -2.13. The fourth-order valence-corrected chi connectivity index (χ4v) is 1.60. The molecule has 1 N–H and O–H groups in total. The van der Waals surface area contributed by atoms with Crippen molar-refractivity contribution in [2.75, 3.05) is 0 Å². The Balaban J connectivity index is 2.25. The molecule has 0 atom stereocenters. The third-order valence-corrected chi connectivity index (χ3v) is 2.59. The number of hydrogen-bond donors (Lipinski definition) is 1.